The van der Waals surface area contributed by atoms with Crippen LogP contribution in [0.15, 0.2) is 12.3 Å². The lowest BCUT2D eigenvalue weighted by molar-refractivity contribution is 0.131. The van der Waals surface area contributed by atoms with Crippen LogP contribution < -0.4 is 10.2 Å². The quantitative estimate of drug-likeness (QED) is 0.711. The second-order valence-electron chi connectivity index (χ2n) is 6.12. The molecule has 118 valence electrons. The highest BCUT2D eigenvalue weighted by Crippen LogP contribution is 2.28. The zero-order valence-corrected chi connectivity index (χ0v) is 14.0. The monoisotopic (exact) mass is 311 g/mol. The number of nitrogens with zero attached hydrogens (tertiary/aromatic N) is 2. The predicted octanol–water partition coefficient (Wildman–Crippen LogP) is 3.10. The van der Waals surface area contributed by atoms with Crippen molar-refractivity contribution in [3.05, 3.63) is 22.8 Å². The Balaban J connectivity index is 1.80. The Kier molecular flexibility index (Phi) is 6.27. The van der Waals surface area contributed by atoms with Gasteiger partial charge in [-0.05, 0) is 30.4 Å². The molecule has 1 aliphatic carbocycles. The zero-order chi connectivity index (χ0) is 15.2. The number of hydrogen-bond acceptors (Lipinski definition) is 4. The van der Waals surface area contributed by atoms with Crippen molar-refractivity contribution in [1.29, 1.82) is 0 Å². The molecule has 0 bridgehead atoms. The van der Waals surface area contributed by atoms with E-state index in [0.29, 0.717) is 11.1 Å². The van der Waals surface area contributed by atoms with Crippen molar-refractivity contribution in [3.63, 3.8) is 0 Å². The van der Waals surface area contributed by atoms with E-state index in [0.717, 1.165) is 43.6 Å². The minimum atomic E-state index is 0.453. The maximum absolute atomic E-state index is 6.34. The van der Waals surface area contributed by atoms with Crippen LogP contribution in [-0.4, -0.2) is 37.8 Å². The number of nitrogens with one attached hydrogen (secondary N) is 1. The van der Waals surface area contributed by atoms with Crippen molar-refractivity contribution in [2.24, 2.45) is 5.92 Å². The van der Waals surface area contributed by atoms with Gasteiger partial charge in [0, 0.05) is 39.0 Å². The lowest BCUT2D eigenvalue weighted by atomic mass is 10.2. The maximum Gasteiger partial charge on any atom is 0.147 e. The van der Waals surface area contributed by atoms with Crippen molar-refractivity contribution in [2.75, 3.05) is 31.7 Å². The molecule has 5 heteroatoms. The van der Waals surface area contributed by atoms with Crippen molar-refractivity contribution in [2.45, 2.75) is 39.3 Å². The molecule has 4 nitrogen and oxygen atoms in total. The molecule has 1 aromatic rings. The van der Waals surface area contributed by atoms with E-state index in [1.165, 1.54) is 12.8 Å². The summed E-state index contributed by atoms with van der Waals surface area (Å²) in [5.74, 6) is 1.63. The van der Waals surface area contributed by atoms with Crippen LogP contribution in [0.25, 0.3) is 0 Å². The van der Waals surface area contributed by atoms with Gasteiger partial charge in [0.25, 0.3) is 0 Å². The second-order valence-corrected chi connectivity index (χ2v) is 6.53. The summed E-state index contributed by atoms with van der Waals surface area (Å²) in [4.78, 5) is 6.53. The summed E-state index contributed by atoms with van der Waals surface area (Å²) < 4.78 is 5.66. The van der Waals surface area contributed by atoms with Crippen LogP contribution in [0.2, 0.25) is 5.02 Å². The fourth-order valence-corrected chi connectivity index (χ4v) is 2.34. The van der Waals surface area contributed by atoms with Crippen LogP contribution in [0.5, 0.6) is 0 Å². The Hall–Kier alpha value is -0.840. The molecule has 0 aromatic carbocycles. The van der Waals surface area contributed by atoms with Gasteiger partial charge in [0.1, 0.15) is 5.82 Å². The molecule has 1 fully saturated rings. The number of pyridine rings is 1. The topological polar surface area (TPSA) is 37.4 Å². The molecule has 0 atom stereocenters. The third kappa shape index (κ3) is 5.81. The molecule has 0 unspecified atom stereocenters. The SMILES string of the molecule is CC(C)NCc1cnc(N(C)CCOCC2CC2)c(Cl)c1. The third-order valence-electron chi connectivity index (χ3n) is 3.58. The normalized spacial score (nSPS) is 14.7. The number of anilines is 1. The minimum absolute atomic E-state index is 0.453. The fraction of sp³-hybridized carbons (Fsp3) is 0.688. The van der Waals surface area contributed by atoms with Crippen LogP contribution in [0.1, 0.15) is 32.3 Å². The molecule has 1 aromatic heterocycles. The molecule has 1 saturated carbocycles. The molecular formula is C16H26ClN3O. The van der Waals surface area contributed by atoms with E-state index in [4.69, 9.17) is 16.3 Å². The average Bonchev–Trinajstić information content (AvgIpc) is 3.25. The van der Waals surface area contributed by atoms with E-state index in [-0.39, 0.29) is 0 Å². The minimum Gasteiger partial charge on any atom is -0.379 e. The highest BCUT2D eigenvalue weighted by molar-refractivity contribution is 6.33. The summed E-state index contributed by atoms with van der Waals surface area (Å²) in [7, 11) is 2.00. The Bertz CT molecular complexity index is 449. The van der Waals surface area contributed by atoms with Crippen molar-refractivity contribution < 1.29 is 4.74 Å². The lowest BCUT2D eigenvalue weighted by Crippen LogP contribution is -2.25. The molecule has 0 amide bonds. The number of rotatable bonds is 9. The molecular weight excluding hydrogens is 286 g/mol. The molecule has 1 N–H and O–H groups in total. The summed E-state index contributed by atoms with van der Waals surface area (Å²) >= 11 is 6.34. The van der Waals surface area contributed by atoms with Crippen LogP contribution >= 0.6 is 11.6 Å². The smallest absolute Gasteiger partial charge is 0.147 e. The number of aromatic nitrogens is 1. The van der Waals surface area contributed by atoms with E-state index in [1.54, 1.807) is 0 Å². The molecule has 0 aliphatic heterocycles. The van der Waals surface area contributed by atoms with Crippen LogP contribution in [0.3, 0.4) is 0 Å². The van der Waals surface area contributed by atoms with Gasteiger partial charge in [-0.25, -0.2) is 4.98 Å². The van der Waals surface area contributed by atoms with Gasteiger partial charge < -0.3 is 15.0 Å². The van der Waals surface area contributed by atoms with Crippen molar-refractivity contribution in [1.82, 2.24) is 10.3 Å². The van der Waals surface area contributed by atoms with Gasteiger partial charge in [-0.1, -0.05) is 25.4 Å². The standard InChI is InChI=1S/C16H26ClN3O/c1-12(2)18-9-14-8-15(17)16(19-10-14)20(3)6-7-21-11-13-4-5-13/h8,10,12-13,18H,4-7,9,11H2,1-3H3. The Morgan fingerprint density at radius 3 is 2.86 bits per heavy atom. The van der Waals surface area contributed by atoms with Crippen molar-refractivity contribution in [3.8, 4) is 0 Å². The average molecular weight is 312 g/mol. The van der Waals surface area contributed by atoms with Crippen molar-refractivity contribution >= 4 is 17.4 Å². The first kappa shape index (κ1) is 16.5. The number of likely N-dealkylation sites (N-methyl/N-ethyl adjacent to an activating group) is 1. The maximum atomic E-state index is 6.34. The number of halogens is 1. The van der Waals surface area contributed by atoms with Crippen LogP contribution in [-0.2, 0) is 11.3 Å². The van der Waals surface area contributed by atoms with Gasteiger partial charge in [-0.3, -0.25) is 0 Å². The van der Waals surface area contributed by atoms with Crippen LogP contribution in [0, 0.1) is 5.92 Å². The first-order valence-electron chi connectivity index (χ1n) is 7.73. The Morgan fingerprint density at radius 2 is 2.24 bits per heavy atom. The molecule has 0 radical (unpaired) electrons. The first-order chi connectivity index (χ1) is 10.1. The largest absolute Gasteiger partial charge is 0.379 e. The predicted molar refractivity (Wildman–Crippen MR) is 88.0 cm³/mol. The lowest BCUT2D eigenvalue weighted by Gasteiger charge is -2.20. The van der Waals surface area contributed by atoms with E-state index in [1.807, 2.05) is 19.3 Å². The molecule has 2 rings (SSSR count). The molecule has 0 saturated heterocycles. The third-order valence-corrected chi connectivity index (χ3v) is 3.85. The summed E-state index contributed by atoms with van der Waals surface area (Å²) in [6.07, 6.45) is 4.54. The van der Waals surface area contributed by atoms with E-state index in [2.05, 4.69) is 29.0 Å². The van der Waals surface area contributed by atoms with Gasteiger partial charge in [0.15, 0.2) is 0 Å². The first-order valence-corrected chi connectivity index (χ1v) is 8.10. The van der Waals surface area contributed by atoms with Gasteiger partial charge in [0.05, 0.1) is 11.6 Å². The van der Waals surface area contributed by atoms with Gasteiger partial charge in [0.2, 0.25) is 0 Å². The van der Waals surface area contributed by atoms with E-state index in [9.17, 15) is 0 Å². The summed E-state index contributed by atoms with van der Waals surface area (Å²) in [6.45, 7) is 7.47. The molecule has 21 heavy (non-hydrogen) atoms. The molecule has 1 aliphatic rings. The zero-order valence-electron chi connectivity index (χ0n) is 13.2. The number of hydrogen-bond donors (Lipinski definition) is 1. The Morgan fingerprint density at radius 1 is 1.48 bits per heavy atom. The summed E-state index contributed by atoms with van der Waals surface area (Å²) in [6, 6.07) is 2.44. The highest BCUT2D eigenvalue weighted by Gasteiger charge is 2.21. The second kappa shape index (κ2) is 7.97. The van der Waals surface area contributed by atoms with E-state index < -0.39 is 0 Å². The van der Waals surface area contributed by atoms with Gasteiger partial charge in [-0.2, -0.15) is 0 Å². The highest BCUT2D eigenvalue weighted by atomic mass is 35.5. The summed E-state index contributed by atoms with van der Waals surface area (Å²) in [5, 5.41) is 4.06. The Labute approximate surface area is 132 Å². The van der Waals surface area contributed by atoms with Gasteiger partial charge in [-0.15, -0.1) is 0 Å². The van der Waals surface area contributed by atoms with Crippen LogP contribution in [0.4, 0.5) is 5.82 Å². The fourth-order valence-electron chi connectivity index (χ4n) is 2.01. The molecule has 1 heterocycles. The van der Waals surface area contributed by atoms with E-state index >= 15 is 0 Å². The molecule has 0 spiro atoms. The number of ether oxygens (including phenoxy) is 1. The van der Waals surface area contributed by atoms with Gasteiger partial charge >= 0.3 is 0 Å². The summed E-state index contributed by atoms with van der Waals surface area (Å²) in [5.41, 5.74) is 1.11.